The van der Waals surface area contributed by atoms with Gasteiger partial charge in [-0.2, -0.15) is 0 Å². The highest BCUT2D eigenvalue weighted by Gasteiger charge is 2.09. The van der Waals surface area contributed by atoms with Gasteiger partial charge in [0.1, 0.15) is 5.52 Å². The Hall–Kier alpha value is -1.75. The standard InChI is InChI=1S/C11H9NO/c1-3-8(2)11-12-9-6-4-5-7-10(9)13-11/h1,4-8H,2H3. The maximum Gasteiger partial charge on any atom is 0.210 e. The molecule has 64 valence electrons. The van der Waals surface area contributed by atoms with E-state index in [4.69, 9.17) is 10.8 Å². The fraction of sp³-hybridized carbons (Fsp3) is 0.182. The second kappa shape index (κ2) is 2.95. The summed E-state index contributed by atoms with van der Waals surface area (Å²) >= 11 is 0. The number of nitrogens with zero attached hydrogens (tertiary/aromatic N) is 1. The van der Waals surface area contributed by atoms with E-state index < -0.39 is 0 Å². The molecule has 0 aliphatic heterocycles. The summed E-state index contributed by atoms with van der Waals surface area (Å²) in [6.07, 6.45) is 5.28. The average Bonchev–Trinajstić information content (AvgIpc) is 2.59. The molecule has 13 heavy (non-hydrogen) atoms. The molecule has 0 amide bonds. The molecule has 0 spiro atoms. The van der Waals surface area contributed by atoms with Gasteiger partial charge in [0.2, 0.25) is 5.89 Å². The van der Waals surface area contributed by atoms with Crippen LogP contribution in [0.5, 0.6) is 0 Å². The molecule has 0 bridgehead atoms. The van der Waals surface area contributed by atoms with Crippen LogP contribution in [-0.2, 0) is 0 Å². The van der Waals surface area contributed by atoms with E-state index in [1.807, 2.05) is 31.2 Å². The third-order valence-corrected chi connectivity index (χ3v) is 1.93. The van der Waals surface area contributed by atoms with Crippen LogP contribution in [0.4, 0.5) is 0 Å². The molecule has 0 radical (unpaired) electrons. The zero-order valence-electron chi connectivity index (χ0n) is 7.32. The Balaban J connectivity index is 2.57. The molecule has 1 unspecified atom stereocenters. The monoisotopic (exact) mass is 171 g/mol. The topological polar surface area (TPSA) is 26.0 Å². The van der Waals surface area contributed by atoms with Crippen molar-refractivity contribution in [3.05, 3.63) is 30.2 Å². The Kier molecular flexibility index (Phi) is 1.79. The highest BCUT2D eigenvalue weighted by Crippen LogP contribution is 2.20. The third-order valence-electron chi connectivity index (χ3n) is 1.93. The van der Waals surface area contributed by atoms with Gasteiger partial charge in [-0.3, -0.25) is 0 Å². The zero-order valence-corrected chi connectivity index (χ0v) is 7.32. The van der Waals surface area contributed by atoms with E-state index in [1.165, 1.54) is 0 Å². The molecule has 2 heteroatoms. The van der Waals surface area contributed by atoms with Crippen LogP contribution < -0.4 is 0 Å². The van der Waals surface area contributed by atoms with Crippen LogP contribution in [0.15, 0.2) is 28.7 Å². The molecule has 0 aliphatic rings. The summed E-state index contributed by atoms with van der Waals surface area (Å²) in [7, 11) is 0. The van der Waals surface area contributed by atoms with Gasteiger partial charge < -0.3 is 4.42 Å². The third kappa shape index (κ3) is 1.29. The molecule has 1 aromatic carbocycles. The number of fused-ring (bicyclic) bond motifs is 1. The van der Waals surface area contributed by atoms with E-state index >= 15 is 0 Å². The number of hydrogen-bond donors (Lipinski definition) is 0. The summed E-state index contributed by atoms with van der Waals surface area (Å²) in [6.45, 7) is 1.89. The first-order valence-electron chi connectivity index (χ1n) is 4.13. The number of benzene rings is 1. The maximum absolute atomic E-state index is 5.47. The maximum atomic E-state index is 5.47. The fourth-order valence-electron chi connectivity index (χ4n) is 1.15. The average molecular weight is 171 g/mol. The van der Waals surface area contributed by atoms with Crippen molar-refractivity contribution >= 4 is 11.1 Å². The summed E-state index contributed by atoms with van der Waals surface area (Å²) in [4.78, 5) is 4.27. The van der Waals surface area contributed by atoms with Gasteiger partial charge in [0.05, 0.1) is 5.92 Å². The first-order valence-corrected chi connectivity index (χ1v) is 4.13. The molecule has 0 saturated heterocycles. The van der Waals surface area contributed by atoms with Crippen LogP contribution in [-0.4, -0.2) is 4.98 Å². The van der Waals surface area contributed by atoms with Crippen LogP contribution in [0.1, 0.15) is 18.7 Å². The van der Waals surface area contributed by atoms with Crippen LogP contribution >= 0.6 is 0 Å². The smallest absolute Gasteiger partial charge is 0.210 e. The number of hydrogen-bond acceptors (Lipinski definition) is 2. The lowest BCUT2D eigenvalue weighted by Crippen LogP contribution is -1.87. The largest absolute Gasteiger partial charge is 0.439 e. The van der Waals surface area contributed by atoms with Crippen molar-refractivity contribution < 1.29 is 4.42 Å². The van der Waals surface area contributed by atoms with Crippen molar-refractivity contribution in [2.45, 2.75) is 12.8 Å². The van der Waals surface area contributed by atoms with Crippen molar-refractivity contribution in [1.82, 2.24) is 4.98 Å². The van der Waals surface area contributed by atoms with E-state index in [2.05, 4.69) is 10.9 Å². The zero-order chi connectivity index (χ0) is 9.26. The first kappa shape index (κ1) is 7.88. The van der Waals surface area contributed by atoms with E-state index in [-0.39, 0.29) is 5.92 Å². The Bertz CT molecular complexity index is 431. The lowest BCUT2D eigenvalue weighted by atomic mass is 10.2. The van der Waals surface area contributed by atoms with Gasteiger partial charge in [-0.05, 0) is 19.1 Å². The number of aromatic nitrogens is 1. The molecule has 1 aromatic heterocycles. The molecule has 1 atom stereocenters. The molecular weight excluding hydrogens is 162 g/mol. The number of terminal acetylenes is 1. The minimum Gasteiger partial charge on any atom is -0.439 e. The minimum atomic E-state index is -0.0626. The highest BCUT2D eigenvalue weighted by atomic mass is 16.3. The molecule has 0 fully saturated rings. The van der Waals surface area contributed by atoms with Gasteiger partial charge in [0, 0.05) is 0 Å². The Labute approximate surface area is 76.6 Å². The van der Waals surface area contributed by atoms with Crippen molar-refractivity contribution in [3.63, 3.8) is 0 Å². The number of oxazole rings is 1. The first-order chi connectivity index (χ1) is 6.31. The Morgan fingerprint density at radius 1 is 1.46 bits per heavy atom. The second-order valence-corrected chi connectivity index (χ2v) is 2.91. The SMILES string of the molecule is C#CC(C)c1nc2ccccc2o1. The molecule has 2 rings (SSSR count). The van der Waals surface area contributed by atoms with Gasteiger partial charge in [0.15, 0.2) is 5.58 Å². The summed E-state index contributed by atoms with van der Waals surface area (Å²) < 4.78 is 5.47. The molecule has 1 heterocycles. The summed E-state index contributed by atoms with van der Waals surface area (Å²) in [5.74, 6) is 3.14. The molecular formula is C11H9NO. The van der Waals surface area contributed by atoms with Crippen LogP contribution in [0.25, 0.3) is 11.1 Å². The van der Waals surface area contributed by atoms with E-state index in [9.17, 15) is 0 Å². The second-order valence-electron chi connectivity index (χ2n) is 2.91. The molecule has 2 nitrogen and oxygen atoms in total. The summed E-state index contributed by atoms with van der Waals surface area (Å²) in [5.41, 5.74) is 1.65. The Morgan fingerprint density at radius 3 is 2.92 bits per heavy atom. The van der Waals surface area contributed by atoms with Crippen molar-refractivity contribution in [2.24, 2.45) is 0 Å². The predicted molar refractivity (Wildman–Crippen MR) is 51.3 cm³/mol. The van der Waals surface area contributed by atoms with Gasteiger partial charge >= 0.3 is 0 Å². The lowest BCUT2D eigenvalue weighted by Gasteiger charge is -1.93. The molecule has 2 aromatic rings. The summed E-state index contributed by atoms with van der Waals surface area (Å²) in [5, 5.41) is 0. The molecule has 0 saturated carbocycles. The van der Waals surface area contributed by atoms with Crippen LogP contribution in [0.3, 0.4) is 0 Å². The van der Waals surface area contributed by atoms with Crippen molar-refractivity contribution in [2.75, 3.05) is 0 Å². The van der Waals surface area contributed by atoms with Crippen LogP contribution in [0, 0.1) is 12.3 Å². The van der Waals surface area contributed by atoms with Crippen molar-refractivity contribution in [1.29, 1.82) is 0 Å². The molecule has 0 aliphatic carbocycles. The molecule has 0 N–H and O–H groups in total. The van der Waals surface area contributed by atoms with Gasteiger partial charge in [-0.25, -0.2) is 4.98 Å². The van der Waals surface area contributed by atoms with E-state index in [1.54, 1.807) is 0 Å². The summed E-state index contributed by atoms with van der Waals surface area (Å²) in [6, 6.07) is 7.63. The normalized spacial score (nSPS) is 12.6. The van der Waals surface area contributed by atoms with Crippen LogP contribution in [0.2, 0.25) is 0 Å². The number of rotatable bonds is 1. The van der Waals surface area contributed by atoms with E-state index in [0.717, 1.165) is 11.1 Å². The minimum absolute atomic E-state index is 0.0626. The van der Waals surface area contributed by atoms with E-state index in [0.29, 0.717) is 5.89 Å². The number of para-hydroxylation sites is 2. The van der Waals surface area contributed by atoms with Crippen molar-refractivity contribution in [3.8, 4) is 12.3 Å². The highest BCUT2D eigenvalue weighted by molar-refractivity contribution is 5.72. The van der Waals surface area contributed by atoms with Gasteiger partial charge in [-0.1, -0.05) is 18.1 Å². The van der Waals surface area contributed by atoms with Gasteiger partial charge in [-0.15, -0.1) is 6.42 Å². The Morgan fingerprint density at radius 2 is 2.23 bits per heavy atom. The predicted octanol–water partition coefficient (Wildman–Crippen LogP) is 2.56. The lowest BCUT2D eigenvalue weighted by molar-refractivity contribution is 0.522. The van der Waals surface area contributed by atoms with Gasteiger partial charge in [0.25, 0.3) is 0 Å². The quantitative estimate of drug-likeness (QED) is 0.616. The fourth-order valence-corrected chi connectivity index (χ4v) is 1.15.